The van der Waals surface area contributed by atoms with Gasteiger partial charge in [-0.25, -0.2) is 9.97 Å². The van der Waals surface area contributed by atoms with Gasteiger partial charge in [-0.15, -0.1) is 0 Å². The van der Waals surface area contributed by atoms with Crippen molar-refractivity contribution >= 4 is 5.82 Å². The van der Waals surface area contributed by atoms with E-state index in [1.165, 1.54) is 5.56 Å². The fraction of sp³-hybridized carbons (Fsp3) is 0.667. The number of hydrogen-bond donors (Lipinski definition) is 1. The van der Waals surface area contributed by atoms with E-state index in [4.69, 9.17) is 0 Å². The van der Waals surface area contributed by atoms with Gasteiger partial charge < -0.3 is 10.2 Å². The van der Waals surface area contributed by atoms with E-state index in [1.807, 2.05) is 7.05 Å². The molecule has 0 saturated heterocycles. The number of nitrogens with one attached hydrogen (secondary N) is 1. The lowest BCUT2D eigenvalue weighted by atomic mass is 10.2. The molecule has 1 heterocycles. The summed E-state index contributed by atoms with van der Waals surface area (Å²) >= 11 is 0. The Labute approximate surface area is 98.1 Å². The van der Waals surface area contributed by atoms with Gasteiger partial charge in [0.15, 0.2) is 0 Å². The fourth-order valence-corrected chi connectivity index (χ4v) is 1.64. The van der Waals surface area contributed by atoms with Gasteiger partial charge in [-0.1, -0.05) is 6.92 Å². The van der Waals surface area contributed by atoms with Crippen LogP contribution in [0.2, 0.25) is 0 Å². The zero-order valence-corrected chi connectivity index (χ0v) is 11.0. The summed E-state index contributed by atoms with van der Waals surface area (Å²) in [5.74, 6) is 1.89. The van der Waals surface area contributed by atoms with Crippen LogP contribution in [0, 0.1) is 6.92 Å². The number of nitrogens with zero attached hydrogens (tertiary/aromatic N) is 3. The first-order valence-electron chi connectivity index (χ1n) is 5.77. The van der Waals surface area contributed by atoms with Crippen molar-refractivity contribution in [1.82, 2.24) is 14.9 Å². The van der Waals surface area contributed by atoms with Crippen molar-refractivity contribution in [3.63, 3.8) is 0 Å². The van der Waals surface area contributed by atoms with Crippen LogP contribution in [0.3, 0.4) is 0 Å². The minimum absolute atomic E-state index is 0.898. The molecule has 0 amide bonds. The molecule has 0 radical (unpaired) electrons. The molecule has 0 fully saturated rings. The summed E-state index contributed by atoms with van der Waals surface area (Å²) in [7, 11) is 6.03. The molecule has 0 aliphatic rings. The maximum absolute atomic E-state index is 4.59. The molecule has 90 valence electrons. The molecule has 16 heavy (non-hydrogen) atoms. The molecule has 4 heteroatoms. The van der Waals surface area contributed by atoms with E-state index in [0.29, 0.717) is 0 Å². The third-order valence-corrected chi connectivity index (χ3v) is 2.65. The highest BCUT2D eigenvalue weighted by Crippen LogP contribution is 2.15. The first-order chi connectivity index (χ1) is 7.58. The minimum Gasteiger partial charge on any atom is -0.373 e. The Kier molecular flexibility index (Phi) is 4.68. The fourth-order valence-electron chi connectivity index (χ4n) is 1.64. The van der Waals surface area contributed by atoms with Gasteiger partial charge in [0.25, 0.3) is 0 Å². The number of anilines is 1. The predicted octanol–water partition coefficient (Wildman–Crippen LogP) is 1.49. The largest absolute Gasteiger partial charge is 0.373 e. The first kappa shape index (κ1) is 12.9. The van der Waals surface area contributed by atoms with Crippen molar-refractivity contribution < 1.29 is 0 Å². The van der Waals surface area contributed by atoms with Crippen LogP contribution in [-0.4, -0.2) is 42.6 Å². The topological polar surface area (TPSA) is 41.1 Å². The van der Waals surface area contributed by atoms with Crippen LogP contribution < -0.4 is 5.32 Å². The van der Waals surface area contributed by atoms with Crippen LogP contribution in [0.15, 0.2) is 0 Å². The summed E-state index contributed by atoms with van der Waals surface area (Å²) in [4.78, 5) is 11.3. The average molecular weight is 222 g/mol. The van der Waals surface area contributed by atoms with Gasteiger partial charge in [0.05, 0.1) is 0 Å². The lowest BCUT2D eigenvalue weighted by molar-refractivity contribution is 0.409. The Hall–Kier alpha value is -1.16. The molecule has 0 unspecified atom stereocenters. The van der Waals surface area contributed by atoms with Crippen molar-refractivity contribution in [2.45, 2.75) is 26.7 Å². The van der Waals surface area contributed by atoms with E-state index < -0.39 is 0 Å². The summed E-state index contributed by atoms with van der Waals surface area (Å²) < 4.78 is 0. The highest BCUT2D eigenvalue weighted by molar-refractivity contribution is 5.45. The van der Waals surface area contributed by atoms with E-state index in [0.717, 1.165) is 36.7 Å². The number of likely N-dealkylation sites (N-methyl/N-ethyl adjacent to an activating group) is 1. The SMILES string of the molecule is CCc1nc(CCN(C)C)nc(NC)c1C. The molecular weight excluding hydrogens is 200 g/mol. The van der Waals surface area contributed by atoms with Gasteiger partial charge in [-0.2, -0.15) is 0 Å². The first-order valence-corrected chi connectivity index (χ1v) is 5.77. The normalized spacial score (nSPS) is 10.9. The van der Waals surface area contributed by atoms with Crippen molar-refractivity contribution in [1.29, 1.82) is 0 Å². The Morgan fingerprint density at radius 3 is 2.44 bits per heavy atom. The van der Waals surface area contributed by atoms with E-state index in [-0.39, 0.29) is 0 Å². The molecule has 0 spiro atoms. The Morgan fingerprint density at radius 1 is 1.25 bits per heavy atom. The molecule has 0 atom stereocenters. The van der Waals surface area contributed by atoms with Gasteiger partial charge in [0.1, 0.15) is 11.6 Å². The minimum atomic E-state index is 0.898. The second kappa shape index (κ2) is 5.80. The molecule has 1 aromatic rings. The molecule has 1 N–H and O–H groups in total. The second-order valence-corrected chi connectivity index (χ2v) is 4.22. The molecular formula is C12H22N4. The smallest absolute Gasteiger partial charge is 0.132 e. The Balaban J connectivity index is 2.93. The molecule has 0 aliphatic carbocycles. The van der Waals surface area contributed by atoms with E-state index >= 15 is 0 Å². The monoisotopic (exact) mass is 222 g/mol. The number of hydrogen-bond acceptors (Lipinski definition) is 4. The Bertz CT molecular complexity index is 322. The van der Waals surface area contributed by atoms with Gasteiger partial charge in [-0.3, -0.25) is 0 Å². The zero-order chi connectivity index (χ0) is 12.1. The van der Waals surface area contributed by atoms with Crippen molar-refractivity contribution in [2.75, 3.05) is 33.0 Å². The highest BCUT2D eigenvalue weighted by Gasteiger charge is 2.08. The van der Waals surface area contributed by atoms with Gasteiger partial charge in [-0.05, 0) is 27.4 Å². The van der Waals surface area contributed by atoms with Crippen molar-refractivity contribution in [3.8, 4) is 0 Å². The third-order valence-electron chi connectivity index (χ3n) is 2.65. The zero-order valence-electron chi connectivity index (χ0n) is 11.0. The van der Waals surface area contributed by atoms with Crippen LogP contribution in [0.25, 0.3) is 0 Å². The van der Waals surface area contributed by atoms with Gasteiger partial charge >= 0.3 is 0 Å². The average Bonchev–Trinajstić information content (AvgIpc) is 2.27. The van der Waals surface area contributed by atoms with Crippen LogP contribution in [0.4, 0.5) is 5.82 Å². The molecule has 1 aromatic heterocycles. The molecule has 0 saturated carbocycles. The van der Waals surface area contributed by atoms with E-state index in [9.17, 15) is 0 Å². The second-order valence-electron chi connectivity index (χ2n) is 4.22. The Morgan fingerprint density at radius 2 is 1.94 bits per heavy atom. The number of aryl methyl sites for hydroxylation is 1. The van der Waals surface area contributed by atoms with Gasteiger partial charge in [0.2, 0.25) is 0 Å². The molecule has 4 nitrogen and oxygen atoms in total. The van der Waals surface area contributed by atoms with Crippen LogP contribution in [0.1, 0.15) is 24.0 Å². The summed E-state index contributed by atoms with van der Waals surface area (Å²) in [6.45, 7) is 5.18. The maximum atomic E-state index is 4.59. The molecule has 0 aromatic carbocycles. The standard InChI is InChI=1S/C12H22N4/c1-6-10-9(2)12(13-3)15-11(14-10)7-8-16(4)5/h6-8H2,1-5H3,(H,13,14,15). The van der Waals surface area contributed by atoms with Crippen LogP contribution in [-0.2, 0) is 12.8 Å². The summed E-state index contributed by atoms with van der Waals surface area (Å²) in [6.07, 6.45) is 1.85. The lowest BCUT2D eigenvalue weighted by Gasteiger charge is -2.13. The van der Waals surface area contributed by atoms with E-state index in [2.05, 4.69) is 48.1 Å². The molecule has 1 rings (SSSR count). The number of aromatic nitrogens is 2. The van der Waals surface area contributed by atoms with Crippen LogP contribution in [0.5, 0.6) is 0 Å². The van der Waals surface area contributed by atoms with Gasteiger partial charge in [0, 0.05) is 31.3 Å². The predicted molar refractivity (Wildman–Crippen MR) is 68.0 cm³/mol. The van der Waals surface area contributed by atoms with Crippen LogP contribution >= 0.6 is 0 Å². The highest BCUT2D eigenvalue weighted by atomic mass is 15.1. The summed E-state index contributed by atoms with van der Waals surface area (Å²) in [5, 5.41) is 3.13. The summed E-state index contributed by atoms with van der Waals surface area (Å²) in [6, 6.07) is 0. The lowest BCUT2D eigenvalue weighted by Crippen LogP contribution is -2.17. The van der Waals surface area contributed by atoms with Crippen molar-refractivity contribution in [3.05, 3.63) is 17.1 Å². The molecule has 0 bridgehead atoms. The summed E-state index contributed by atoms with van der Waals surface area (Å²) in [5.41, 5.74) is 2.31. The number of rotatable bonds is 5. The third kappa shape index (κ3) is 3.17. The quantitative estimate of drug-likeness (QED) is 0.819. The van der Waals surface area contributed by atoms with E-state index in [1.54, 1.807) is 0 Å². The van der Waals surface area contributed by atoms with Crippen molar-refractivity contribution in [2.24, 2.45) is 0 Å². The molecule has 0 aliphatic heterocycles. The maximum Gasteiger partial charge on any atom is 0.132 e.